The number of fused-ring (bicyclic) bond motifs is 3. The lowest BCUT2D eigenvalue weighted by atomic mass is 9.94. The maximum absolute atomic E-state index is 13.1. The Morgan fingerprint density at radius 2 is 1.64 bits per heavy atom. The molecule has 1 N–H and O–H groups in total. The highest BCUT2D eigenvalue weighted by molar-refractivity contribution is 7.00. The molecule has 2 aromatic heterocycles. The van der Waals surface area contributed by atoms with Crippen LogP contribution in [0.25, 0.3) is 39.0 Å². The number of allylic oxidation sites excluding steroid dienone is 1. The maximum Gasteiger partial charge on any atom is 0.411 e. The average Bonchev–Trinajstić information content (AvgIpc) is 3.54. The minimum absolute atomic E-state index is 0.00100. The largest absolute Gasteiger partial charge is 0.444 e. The van der Waals surface area contributed by atoms with Crippen molar-refractivity contribution in [1.29, 1.82) is 0 Å². The van der Waals surface area contributed by atoms with Gasteiger partial charge in [-0.05, 0) is 87.3 Å². The Balaban J connectivity index is 0.928. The number of benzene rings is 2. The zero-order valence-corrected chi connectivity index (χ0v) is 26.1. The molecule has 6 atom stereocenters. The molecule has 3 saturated carbocycles. The third-order valence-electron chi connectivity index (χ3n) is 10.3. The van der Waals surface area contributed by atoms with Crippen molar-refractivity contribution in [1.82, 2.24) is 23.6 Å². The van der Waals surface area contributed by atoms with E-state index in [9.17, 15) is 4.79 Å². The van der Waals surface area contributed by atoms with Gasteiger partial charge in [-0.1, -0.05) is 36.4 Å². The molecule has 0 radical (unpaired) electrons. The van der Waals surface area contributed by atoms with Gasteiger partial charge in [0.15, 0.2) is 0 Å². The second-order valence-electron chi connectivity index (χ2n) is 14.5. The predicted molar refractivity (Wildman–Crippen MR) is 172 cm³/mol. The Kier molecular flexibility index (Phi) is 5.78. The molecule has 5 aliphatic rings. The number of carbonyl (C=O) groups excluding carboxylic acids is 1. The fraction of sp³-hybridized carbons (Fsp3) is 0.457. The summed E-state index contributed by atoms with van der Waals surface area (Å²) < 4.78 is 15.2. The van der Waals surface area contributed by atoms with E-state index in [0.29, 0.717) is 18.3 Å². The summed E-state index contributed by atoms with van der Waals surface area (Å²) >= 11 is 1.25. The maximum atomic E-state index is 13.1. The number of hydrogen-bond donors (Lipinski definition) is 1. The van der Waals surface area contributed by atoms with E-state index >= 15 is 0 Å². The number of aromatic nitrogens is 4. The van der Waals surface area contributed by atoms with Crippen molar-refractivity contribution in [3.8, 4) is 22.4 Å². The Labute approximate surface area is 261 Å². The van der Waals surface area contributed by atoms with E-state index in [-0.39, 0.29) is 18.2 Å². The molecule has 0 spiro atoms. The summed E-state index contributed by atoms with van der Waals surface area (Å²) in [6, 6.07) is 13.3. The van der Waals surface area contributed by atoms with Crippen LogP contribution < -0.4 is 0 Å². The van der Waals surface area contributed by atoms with Gasteiger partial charge in [0.2, 0.25) is 0 Å². The molecule has 1 saturated heterocycles. The van der Waals surface area contributed by atoms with Gasteiger partial charge in [0.25, 0.3) is 0 Å². The lowest BCUT2D eigenvalue weighted by Crippen LogP contribution is -2.45. The Morgan fingerprint density at radius 3 is 2.41 bits per heavy atom. The SMILES string of the molecule is CC(C)(C)OC(=O)N1[C@@H]2C[C@@H]2C[C@H]1C1=NC=C(c2ccc(-c3ccc(-c4cnc(C5C[C@@H]6C[C@@H]6C5)[nH]4)cc3)c3nsnc23)C1. The summed E-state index contributed by atoms with van der Waals surface area (Å²) in [5.41, 5.74) is 8.95. The molecule has 224 valence electrons. The lowest BCUT2D eigenvalue weighted by Gasteiger charge is -2.30. The molecule has 4 aromatic rings. The number of piperidine rings is 1. The number of imidazole rings is 1. The fourth-order valence-electron chi connectivity index (χ4n) is 7.96. The monoisotopic (exact) mass is 604 g/mol. The Morgan fingerprint density at radius 1 is 0.909 bits per heavy atom. The van der Waals surface area contributed by atoms with E-state index < -0.39 is 5.60 Å². The summed E-state index contributed by atoms with van der Waals surface area (Å²) in [6.45, 7) is 5.77. The smallest absolute Gasteiger partial charge is 0.411 e. The predicted octanol–water partition coefficient (Wildman–Crippen LogP) is 7.85. The van der Waals surface area contributed by atoms with Crippen LogP contribution in [0.1, 0.15) is 76.6 Å². The van der Waals surface area contributed by atoms with Crippen LogP contribution in [0.2, 0.25) is 0 Å². The van der Waals surface area contributed by atoms with Crippen molar-refractivity contribution in [2.75, 3.05) is 0 Å². The minimum atomic E-state index is -0.515. The van der Waals surface area contributed by atoms with Crippen LogP contribution in [0, 0.1) is 17.8 Å². The lowest BCUT2D eigenvalue weighted by molar-refractivity contribution is 0.0230. The van der Waals surface area contributed by atoms with Gasteiger partial charge in [-0.25, -0.2) is 9.78 Å². The number of H-pyrrole nitrogens is 1. The second-order valence-corrected chi connectivity index (χ2v) is 15.0. The van der Waals surface area contributed by atoms with Crippen LogP contribution in [0.15, 0.2) is 53.8 Å². The number of likely N-dealkylation sites (tertiary alicyclic amines) is 1. The number of nitrogens with one attached hydrogen (secondary N) is 1. The molecule has 4 heterocycles. The quantitative estimate of drug-likeness (QED) is 0.250. The first-order chi connectivity index (χ1) is 21.3. The molecular weight excluding hydrogens is 568 g/mol. The third kappa shape index (κ3) is 4.50. The van der Waals surface area contributed by atoms with E-state index in [4.69, 9.17) is 23.5 Å². The van der Waals surface area contributed by atoms with Gasteiger partial charge in [0.1, 0.15) is 22.5 Å². The summed E-state index contributed by atoms with van der Waals surface area (Å²) in [5.74, 6) is 4.20. The molecule has 1 amide bonds. The van der Waals surface area contributed by atoms with Gasteiger partial charge in [0, 0.05) is 41.4 Å². The Bertz CT molecular complexity index is 1850. The number of hydrogen-bond acceptors (Lipinski definition) is 7. The first kappa shape index (κ1) is 26.5. The molecular formula is C35H36N6O2S. The zero-order valence-electron chi connectivity index (χ0n) is 25.3. The van der Waals surface area contributed by atoms with Gasteiger partial charge in [0.05, 0.1) is 29.7 Å². The van der Waals surface area contributed by atoms with Crippen molar-refractivity contribution < 1.29 is 9.53 Å². The first-order valence-electron chi connectivity index (χ1n) is 16.0. The van der Waals surface area contributed by atoms with Crippen molar-refractivity contribution in [3.05, 3.63) is 60.2 Å². The molecule has 3 aliphatic carbocycles. The number of aliphatic imine (C=N–C) groups is 1. The molecule has 8 nitrogen and oxygen atoms in total. The fourth-order valence-corrected chi connectivity index (χ4v) is 8.54. The number of nitrogens with zero attached hydrogens (tertiary/aromatic N) is 5. The number of rotatable bonds is 5. The summed E-state index contributed by atoms with van der Waals surface area (Å²) in [5, 5.41) is 0. The van der Waals surface area contributed by atoms with Gasteiger partial charge >= 0.3 is 6.09 Å². The molecule has 4 fully saturated rings. The number of amides is 1. The summed E-state index contributed by atoms with van der Waals surface area (Å²) in [6.07, 6.45) is 10.5. The molecule has 9 rings (SSSR count). The summed E-state index contributed by atoms with van der Waals surface area (Å²) in [7, 11) is 0. The molecule has 1 unspecified atom stereocenters. The van der Waals surface area contributed by atoms with Gasteiger partial charge in [-0.3, -0.25) is 9.89 Å². The Hall–Kier alpha value is -3.85. The highest BCUT2D eigenvalue weighted by atomic mass is 32.1. The number of carbonyl (C=O) groups is 1. The average molecular weight is 605 g/mol. The normalized spacial score (nSPS) is 28.6. The highest BCUT2D eigenvalue weighted by Gasteiger charge is 2.56. The van der Waals surface area contributed by atoms with Crippen molar-refractivity contribution in [3.63, 3.8) is 0 Å². The van der Waals surface area contributed by atoms with Gasteiger partial charge in [-0.15, -0.1) is 0 Å². The molecule has 9 heteroatoms. The van der Waals surface area contributed by atoms with Crippen LogP contribution in [-0.4, -0.2) is 53.1 Å². The third-order valence-corrected chi connectivity index (χ3v) is 10.9. The van der Waals surface area contributed by atoms with Gasteiger partial charge in [-0.2, -0.15) is 8.75 Å². The van der Waals surface area contributed by atoms with Crippen LogP contribution in [0.3, 0.4) is 0 Å². The van der Waals surface area contributed by atoms with E-state index in [1.54, 1.807) is 0 Å². The first-order valence-corrected chi connectivity index (χ1v) is 16.7. The minimum Gasteiger partial charge on any atom is -0.444 e. The molecule has 0 bridgehead atoms. The zero-order chi connectivity index (χ0) is 29.7. The summed E-state index contributed by atoms with van der Waals surface area (Å²) in [4.78, 5) is 28.3. The van der Waals surface area contributed by atoms with Crippen molar-refractivity contribution in [2.24, 2.45) is 22.7 Å². The van der Waals surface area contributed by atoms with Gasteiger partial charge < -0.3 is 9.72 Å². The van der Waals surface area contributed by atoms with E-state index in [1.165, 1.54) is 31.0 Å². The topological polar surface area (TPSA) is 96.4 Å². The van der Waals surface area contributed by atoms with E-state index in [2.05, 4.69) is 41.4 Å². The van der Waals surface area contributed by atoms with Crippen molar-refractivity contribution in [2.45, 2.75) is 82.9 Å². The van der Waals surface area contributed by atoms with Crippen LogP contribution >= 0.6 is 11.7 Å². The molecule has 2 aromatic carbocycles. The van der Waals surface area contributed by atoms with E-state index in [0.717, 1.165) is 80.8 Å². The number of ether oxygens (including phenoxy) is 1. The number of aromatic amines is 1. The standard InChI is InChI=1S/C35H36N6O2S/c1-35(2,3)43-34(42)41-29-14-22(29)15-30(41)27-13-24(16-36-27)26-9-8-25(31-32(26)40-44-39-31)18-4-6-19(7-5-18)28-17-37-33(38-28)23-11-20-10-21(20)12-23/h4-9,16-17,20-23,29-30H,10-15H2,1-3H3,(H,37,38)/t20-,21+,22-,23?,29-,30+/m1/s1. The molecule has 44 heavy (non-hydrogen) atoms. The van der Waals surface area contributed by atoms with Crippen molar-refractivity contribution >= 4 is 40.1 Å². The van der Waals surface area contributed by atoms with Crippen LogP contribution in [0.5, 0.6) is 0 Å². The highest BCUT2D eigenvalue weighted by Crippen LogP contribution is 2.57. The second kappa shape index (κ2) is 9.57. The van der Waals surface area contributed by atoms with E-state index in [1.807, 2.05) is 38.1 Å². The molecule has 2 aliphatic heterocycles. The van der Waals surface area contributed by atoms with Crippen LogP contribution in [0.4, 0.5) is 4.79 Å². The van der Waals surface area contributed by atoms with Crippen LogP contribution in [-0.2, 0) is 4.74 Å².